The van der Waals surface area contributed by atoms with Crippen molar-refractivity contribution < 1.29 is 22.5 Å². The second-order valence-corrected chi connectivity index (χ2v) is 7.06. The van der Waals surface area contributed by atoms with Crippen LogP contribution in [0.3, 0.4) is 0 Å². The Hall–Kier alpha value is -0.660. The third-order valence-corrected chi connectivity index (χ3v) is 4.01. The number of nitrogens with two attached hydrogens (primary N) is 1. The molecule has 0 aliphatic heterocycles. The van der Waals surface area contributed by atoms with Gasteiger partial charge in [0.1, 0.15) is 0 Å². The van der Waals surface area contributed by atoms with Gasteiger partial charge in [0.05, 0.1) is 18.3 Å². The van der Waals surface area contributed by atoms with Crippen LogP contribution in [-0.2, 0) is 19.6 Å². The minimum atomic E-state index is -3.67. The van der Waals surface area contributed by atoms with Crippen LogP contribution < -0.4 is 5.73 Å². The van der Waals surface area contributed by atoms with E-state index in [-0.39, 0.29) is 16.9 Å². The van der Waals surface area contributed by atoms with E-state index in [0.717, 1.165) is 38.5 Å². The lowest BCUT2D eigenvalue weighted by Gasteiger charge is -2.50. The molecule has 0 radical (unpaired) electrons. The van der Waals surface area contributed by atoms with E-state index in [9.17, 15) is 13.2 Å². The van der Waals surface area contributed by atoms with Crippen LogP contribution >= 0.6 is 0 Å². The molecular formula is C12H23NO5S. The van der Waals surface area contributed by atoms with E-state index in [0.29, 0.717) is 12.9 Å². The smallest absolute Gasteiger partial charge is 0.312 e. The van der Waals surface area contributed by atoms with Crippen molar-refractivity contribution in [3.8, 4) is 0 Å². The zero-order chi connectivity index (χ0) is 14.7. The third kappa shape index (κ3) is 4.74. The molecule has 0 amide bonds. The number of hydrogen-bond donors (Lipinski definition) is 2. The molecule has 19 heavy (non-hydrogen) atoms. The van der Waals surface area contributed by atoms with Gasteiger partial charge in [0.15, 0.2) is 0 Å². The summed E-state index contributed by atoms with van der Waals surface area (Å²) >= 11 is 0. The van der Waals surface area contributed by atoms with E-state index >= 15 is 0 Å². The zero-order valence-corrected chi connectivity index (χ0v) is 12.3. The molecule has 3 aliphatic rings. The summed E-state index contributed by atoms with van der Waals surface area (Å²) in [5.41, 5.74) is 6.04. The number of ether oxygens (including phenoxy) is 1. The van der Waals surface area contributed by atoms with Crippen LogP contribution in [0.1, 0.15) is 45.4 Å². The van der Waals surface area contributed by atoms with Crippen LogP contribution in [0.5, 0.6) is 0 Å². The Morgan fingerprint density at radius 2 is 1.58 bits per heavy atom. The molecule has 0 aromatic carbocycles. The van der Waals surface area contributed by atoms with E-state index in [1.807, 2.05) is 6.92 Å². The highest BCUT2D eigenvalue weighted by molar-refractivity contribution is 7.85. The van der Waals surface area contributed by atoms with Crippen LogP contribution in [0.25, 0.3) is 0 Å². The van der Waals surface area contributed by atoms with Gasteiger partial charge in [-0.1, -0.05) is 0 Å². The van der Waals surface area contributed by atoms with E-state index in [1.54, 1.807) is 0 Å². The molecule has 3 fully saturated rings. The molecule has 3 saturated carbocycles. The van der Waals surface area contributed by atoms with Crippen molar-refractivity contribution >= 4 is 16.1 Å². The Kier molecular flexibility index (Phi) is 4.97. The highest BCUT2D eigenvalue weighted by Gasteiger charge is 2.51. The molecule has 6 nitrogen and oxygen atoms in total. The number of carbonyl (C=O) groups is 1. The van der Waals surface area contributed by atoms with Crippen LogP contribution in [0, 0.1) is 5.41 Å². The fourth-order valence-corrected chi connectivity index (χ4v) is 2.81. The van der Waals surface area contributed by atoms with Crippen LogP contribution in [0.15, 0.2) is 0 Å². The quantitative estimate of drug-likeness (QED) is 0.583. The summed E-state index contributed by atoms with van der Waals surface area (Å²) in [6.07, 6.45) is 6.49. The molecule has 2 bridgehead atoms. The molecule has 0 unspecified atom stereocenters. The summed E-state index contributed by atoms with van der Waals surface area (Å²) < 4.78 is 31.0. The zero-order valence-electron chi connectivity index (χ0n) is 11.5. The summed E-state index contributed by atoms with van der Waals surface area (Å²) in [5, 5.41) is 0. The molecule has 0 saturated heterocycles. The topological polar surface area (TPSA) is 107 Å². The molecule has 3 aliphatic carbocycles. The molecule has 0 atom stereocenters. The van der Waals surface area contributed by atoms with E-state index < -0.39 is 10.1 Å². The largest absolute Gasteiger partial charge is 0.466 e. The van der Waals surface area contributed by atoms with Crippen molar-refractivity contribution in [2.24, 2.45) is 11.1 Å². The van der Waals surface area contributed by atoms with Crippen molar-refractivity contribution in [2.75, 3.05) is 12.9 Å². The maximum atomic E-state index is 11.8. The van der Waals surface area contributed by atoms with Gasteiger partial charge in [0, 0.05) is 5.54 Å². The summed E-state index contributed by atoms with van der Waals surface area (Å²) in [4.78, 5) is 11.8. The number of rotatable bonds is 2. The third-order valence-electron chi connectivity index (χ3n) is 4.01. The second kappa shape index (κ2) is 5.76. The standard InChI is InChI=1S/C11H19NO2.CH4O3S/c1-2-14-9(13)10-3-6-11(12,7-4-10)8-5-10;1-5(2,3)4/h2-8,12H2,1H3;1H3,(H,2,3,4). The highest BCUT2D eigenvalue weighted by Crippen LogP contribution is 2.51. The lowest BCUT2D eigenvalue weighted by molar-refractivity contribution is -0.162. The maximum Gasteiger partial charge on any atom is 0.312 e. The monoisotopic (exact) mass is 293 g/mol. The summed E-state index contributed by atoms with van der Waals surface area (Å²) in [6.45, 7) is 2.36. The number of esters is 1. The summed E-state index contributed by atoms with van der Waals surface area (Å²) in [5.74, 6) is 0.0155. The maximum absolute atomic E-state index is 11.8. The van der Waals surface area contributed by atoms with Gasteiger partial charge in [-0.2, -0.15) is 8.42 Å². The van der Waals surface area contributed by atoms with Gasteiger partial charge in [-0.15, -0.1) is 0 Å². The molecule has 0 aromatic heterocycles. The normalized spacial score (nSPS) is 33.3. The predicted molar refractivity (Wildman–Crippen MR) is 71.2 cm³/mol. The van der Waals surface area contributed by atoms with E-state index in [1.165, 1.54) is 0 Å². The van der Waals surface area contributed by atoms with Crippen LogP contribution in [-0.4, -0.2) is 37.3 Å². The second-order valence-electron chi connectivity index (χ2n) is 5.60. The molecular weight excluding hydrogens is 270 g/mol. The van der Waals surface area contributed by atoms with E-state index in [2.05, 4.69) is 0 Å². The van der Waals surface area contributed by atoms with Gasteiger partial charge in [0.2, 0.25) is 0 Å². The van der Waals surface area contributed by atoms with Crippen molar-refractivity contribution in [1.82, 2.24) is 0 Å². The Morgan fingerprint density at radius 1 is 1.21 bits per heavy atom. The molecule has 0 aromatic rings. The number of fused-ring (bicyclic) bond motifs is 3. The first-order valence-corrected chi connectivity index (χ1v) is 8.34. The van der Waals surface area contributed by atoms with Gasteiger partial charge in [-0.3, -0.25) is 9.35 Å². The fourth-order valence-electron chi connectivity index (χ4n) is 2.81. The Morgan fingerprint density at radius 3 is 1.89 bits per heavy atom. The Balaban J connectivity index is 0.000000312. The number of carbonyl (C=O) groups excluding carboxylic acids is 1. The highest BCUT2D eigenvalue weighted by atomic mass is 32.2. The minimum Gasteiger partial charge on any atom is -0.466 e. The first kappa shape index (κ1) is 16.4. The minimum absolute atomic E-state index is 0.0155. The average molecular weight is 293 g/mol. The lowest BCUT2D eigenvalue weighted by atomic mass is 9.57. The average Bonchev–Trinajstić information content (AvgIpc) is 2.28. The fraction of sp³-hybridized carbons (Fsp3) is 0.917. The van der Waals surface area contributed by atoms with Gasteiger partial charge in [-0.25, -0.2) is 0 Å². The van der Waals surface area contributed by atoms with Crippen LogP contribution in [0.2, 0.25) is 0 Å². The van der Waals surface area contributed by atoms with Crippen molar-refractivity contribution in [3.05, 3.63) is 0 Å². The molecule has 3 rings (SSSR count). The SMILES string of the molecule is CCOC(=O)C12CCC(N)(CC1)CC2.CS(=O)(=O)O. The van der Waals surface area contributed by atoms with Gasteiger partial charge in [-0.05, 0) is 45.4 Å². The molecule has 0 spiro atoms. The Bertz CT molecular complexity index is 399. The van der Waals surface area contributed by atoms with Gasteiger partial charge in [0.25, 0.3) is 10.1 Å². The number of hydrogen-bond acceptors (Lipinski definition) is 5. The lowest BCUT2D eigenvalue weighted by Crippen LogP contribution is -2.54. The van der Waals surface area contributed by atoms with Crippen molar-refractivity contribution in [1.29, 1.82) is 0 Å². The van der Waals surface area contributed by atoms with Crippen molar-refractivity contribution in [2.45, 2.75) is 51.0 Å². The predicted octanol–water partition coefficient (Wildman–Crippen LogP) is 1.11. The molecule has 112 valence electrons. The van der Waals surface area contributed by atoms with Gasteiger partial charge < -0.3 is 10.5 Å². The first-order chi connectivity index (χ1) is 8.60. The summed E-state index contributed by atoms with van der Waals surface area (Å²) in [6, 6.07) is 0. The first-order valence-electron chi connectivity index (χ1n) is 6.49. The van der Waals surface area contributed by atoms with Crippen molar-refractivity contribution in [3.63, 3.8) is 0 Å². The Labute approximate surface area is 114 Å². The molecule has 3 N–H and O–H groups in total. The van der Waals surface area contributed by atoms with Gasteiger partial charge >= 0.3 is 5.97 Å². The van der Waals surface area contributed by atoms with Crippen LogP contribution in [0.4, 0.5) is 0 Å². The van der Waals surface area contributed by atoms with E-state index in [4.69, 9.17) is 15.0 Å². The summed E-state index contributed by atoms with van der Waals surface area (Å²) in [7, 11) is -3.67. The molecule has 0 heterocycles. The molecule has 7 heteroatoms.